The van der Waals surface area contributed by atoms with E-state index in [-0.39, 0.29) is 18.5 Å². The van der Waals surface area contributed by atoms with Crippen molar-refractivity contribution in [2.24, 2.45) is 0 Å². The monoisotopic (exact) mass is 1070 g/mol. The van der Waals surface area contributed by atoms with Crippen LogP contribution in [-0.4, -0.2) is 100 Å². The fourth-order valence-electron chi connectivity index (χ4n) is 9.62. The van der Waals surface area contributed by atoms with Gasteiger partial charge in [0.2, 0.25) is 5.91 Å². The Balaban J connectivity index is 2.02. The number of unbranched alkanes of at least 4 members (excludes halogenated alkanes) is 32. The number of hydrogen-bond acceptors (Lipinski definition) is 10. The number of aliphatic hydroxyl groups is 5. The number of carbonyl (C=O) groups is 2. The summed E-state index contributed by atoms with van der Waals surface area (Å²) in [6.07, 6.45) is 60.6. The van der Waals surface area contributed by atoms with E-state index in [1.165, 1.54) is 154 Å². The molecule has 0 aromatic carbocycles. The number of ether oxygens (including phenoxy) is 3. The first kappa shape index (κ1) is 71.4. The highest BCUT2D eigenvalue weighted by molar-refractivity contribution is 5.76. The van der Waals surface area contributed by atoms with Gasteiger partial charge in [0.25, 0.3) is 0 Å². The van der Waals surface area contributed by atoms with Gasteiger partial charge in [0.1, 0.15) is 24.4 Å². The molecule has 1 rings (SSSR count). The smallest absolute Gasteiger partial charge is 0.305 e. The third-order valence-corrected chi connectivity index (χ3v) is 14.6. The normalized spacial score (nSPS) is 19.1. The van der Waals surface area contributed by atoms with E-state index in [1.54, 1.807) is 6.08 Å². The topological polar surface area (TPSA) is 175 Å². The fourth-order valence-corrected chi connectivity index (χ4v) is 9.62. The average Bonchev–Trinajstić information content (AvgIpc) is 3.42. The number of aliphatic hydroxyl groups excluding tert-OH is 5. The third-order valence-electron chi connectivity index (χ3n) is 14.6. The van der Waals surface area contributed by atoms with Crippen molar-refractivity contribution < 1.29 is 49.3 Å². The molecule has 11 heteroatoms. The number of allylic oxidation sites excluding steroid dienone is 9. The van der Waals surface area contributed by atoms with Crippen LogP contribution in [0.1, 0.15) is 277 Å². The molecule has 6 N–H and O–H groups in total. The molecule has 1 fully saturated rings. The number of esters is 1. The Labute approximate surface area is 465 Å². The van der Waals surface area contributed by atoms with Gasteiger partial charge in [-0.3, -0.25) is 9.59 Å². The first-order valence-electron chi connectivity index (χ1n) is 31.6. The highest BCUT2D eigenvalue weighted by Crippen LogP contribution is 2.23. The second kappa shape index (κ2) is 54.3. The molecule has 442 valence electrons. The minimum atomic E-state index is -1.58. The minimum absolute atomic E-state index is 0.00132. The van der Waals surface area contributed by atoms with Crippen molar-refractivity contribution in [3.63, 3.8) is 0 Å². The van der Waals surface area contributed by atoms with E-state index in [0.717, 1.165) is 96.3 Å². The summed E-state index contributed by atoms with van der Waals surface area (Å²) < 4.78 is 16.7. The van der Waals surface area contributed by atoms with Crippen LogP contribution in [0.2, 0.25) is 0 Å². The minimum Gasteiger partial charge on any atom is -0.466 e. The summed E-state index contributed by atoms with van der Waals surface area (Å²) >= 11 is 0. The van der Waals surface area contributed by atoms with Crippen LogP contribution < -0.4 is 5.32 Å². The molecular formula is C65H117NO10. The summed E-state index contributed by atoms with van der Waals surface area (Å²) in [7, 11) is 0. The molecule has 7 unspecified atom stereocenters. The van der Waals surface area contributed by atoms with Gasteiger partial charge in [0, 0.05) is 12.8 Å². The van der Waals surface area contributed by atoms with E-state index in [9.17, 15) is 35.1 Å². The fraction of sp³-hybridized carbons (Fsp3) is 0.815. The quantitative estimate of drug-likeness (QED) is 0.0195. The molecule has 0 radical (unpaired) electrons. The van der Waals surface area contributed by atoms with Crippen molar-refractivity contribution in [1.29, 1.82) is 0 Å². The van der Waals surface area contributed by atoms with Gasteiger partial charge in [0.15, 0.2) is 6.29 Å². The maximum Gasteiger partial charge on any atom is 0.305 e. The summed E-state index contributed by atoms with van der Waals surface area (Å²) in [5.74, 6) is -0.207. The first-order valence-corrected chi connectivity index (χ1v) is 31.6. The molecule has 0 aromatic rings. The van der Waals surface area contributed by atoms with Gasteiger partial charge in [0.05, 0.1) is 32.0 Å². The SMILES string of the molecule is CC/C=C/CC/C=C/CC/C=C/C(O)C(COC1OC(CO)C(O)C(O)C1O)NC(=O)CCCCCCCCCCC/C=C\C/C=C\CCCCCCCCCCCOC(=O)CCCCCCCCCCCCCCC. The van der Waals surface area contributed by atoms with Crippen LogP contribution in [0.5, 0.6) is 0 Å². The van der Waals surface area contributed by atoms with E-state index in [4.69, 9.17) is 14.2 Å². The number of amides is 1. The van der Waals surface area contributed by atoms with Crippen LogP contribution in [0.15, 0.2) is 60.8 Å². The molecule has 0 aliphatic carbocycles. The molecule has 7 atom stereocenters. The summed E-state index contributed by atoms with van der Waals surface area (Å²) in [4.78, 5) is 25.0. The molecule has 1 aliphatic rings. The van der Waals surface area contributed by atoms with Crippen LogP contribution >= 0.6 is 0 Å². The van der Waals surface area contributed by atoms with E-state index in [0.29, 0.717) is 19.4 Å². The van der Waals surface area contributed by atoms with Crippen molar-refractivity contribution in [3.8, 4) is 0 Å². The van der Waals surface area contributed by atoms with Gasteiger partial charge in [-0.1, -0.05) is 242 Å². The average molecular weight is 1070 g/mol. The molecule has 76 heavy (non-hydrogen) atoms. The zero-order valence-corrected chi connectivity index (χ0v) is 48.7. The Morgan fingerprint density at radius 3 is 1.43 bits per heavy atom. The summed E-state index contributed by atoms with van der Waals surface area (Å²) in [5.41, 5.74) is 0. The Morgan fingerprint density at radius 2 is 0.934 bits per heavy atom. The van der Waals surface area contributed by atoms with Gasteiger partial charge in [-0.15, -0.1) is 0 Å². The van der Waals surface area contributed by atoms with Crippen molar-refractivity contribution >= 4 is 11.9 Å². The molecular weight excluding hydrogens is 955 g/mol. The molecule has 0 saturated carbocycles. The molecule has 0 aromatic heterocycles. The van der Waals surface area contributed by atoms with E-state index in [1.807, 2.05) is 6.08 Å². The lowest BCUT2D eigenvalue weighted by atomic mass is 9.99. The van der Waals surface area contributed by atoms with E-state index < -0.39 is 49.5 Å². The molecule has 1 amide bonds. The molecule has 1 aliphatic heterocycles. The number of nitrogens with one attached hydrogen (secondary N) is 1. The van der Waals surface area contributed by atoms with Crippen molar-refractivity contribution in [3.05, 3.63) is 60.8 Å². The first-order chi connectivity index (χ1) is 37.2. The van der Waals surface area contributed by atoms with Crippen LogP contribution in [0.4, 0.5) is 0 Å². The van der Waals surface area contributed by atoms with Crippen molar-refractivity contribution in [2.75, 3.05) is 19.8 Å². The largest absolute Gasteiger partial charge is 0.466 e. The Bertz CT molecular complexity index is 1450. The maximum absolute atomic E-state index is 13.0. The van der Waals surface area contributed by atoms with Gasteiger partial charge < -0.3 is 45.1 Å². The van der Waals surface area contributed by atoms with Gasteiger partial charge in [-0.25, -0.2) is 0 Å². The molecule has 1 heterocycles. The highest BCUT2D eigenvalue weighted by Gasteiger charge is 2.44. The Morgan fingerprint density at radius 1 is 0.500 bits per heavy atom. The van der Waals surface area contributed by atoms with Gasteiger partial charge in [-0.2, -0.15) is 0 Å². The summed E-state index contributed by atoms with van der Waals surface area (Å²) in [5, 5.41) is 54.2. The molecule has 0 bridgehead atoms. The van der Waals surface area contributed by atoms with Gasteiger partial charge >= 0.3 is 5.97 Å². The summed E-state index contributed by atoms with van der Waals surface area (Å²) in [6, 6.07) is -0.839. The van der Waals surface area contributed by atoms with Crippen molar-refractivity contribution in [1.82, 2.24) is 5.32 Å². The predicted molar refractivity (Wildman–Crippen MR) is 315 cm³/mol. The molecule has 11 nitrogen and oxygen atoms in total. The lowest BCUT2D eigenvalue weighted by molar-refractivity contribution is -0.302. The number of hydrogen-bond donors (Lipinski definition) is 6. The van der Waals surface area contributed by atoms with Crippen LogP contribution in [0.3, 0.4) is 0 Å². The third kappa shape index (κ3) is 43.3. The van der Waals surface area contributed by atoms with Crippen molar-refractivity contribution in [2.45, 2.75) is 320 Å². The number of carbonyl (C=O) groups excluding carboxylic acids is 2. The lowest BCUT2D eigenvalue weighted by Gasteiger charge is -2.40. The molecule has 0 spiro atoms. The second-order valence-electron chi connectivity index (χ2n) is 21.7. The lowest BCUT2D eigenvalue weighted by Crippen LogP contribution is -2.60. The van der Waals surface area contributed by atoms with Crippen LogP contribution in [-0.2, 0) is 23.8 Å². The number of rotatable bonds is 54. The zero-order valence-electron chi connectivity index (χ0n) is 48.7. The Hall–Kier alpha value is -2.64. The standard InChI is InChI=1S/C65H117NO10/c1-3-5-7-9-11-13-15-29-33-37-41-45-49-53-61(70)74-54-50-46-42-38-34-31-28-26-24-22-20-18-16-17-19-21-23-25-27-30-32-36-40-44-48-52-60(69)66-57(56-75-65-64(73)63(72)62(71)59(55-67)76-65)58(68)51-47-43-39-35-14-12-10-8-6-4-2/h6,8,14,17-20,35,47,51,57-59,62-65,67-68,71-73H,3-5,7,9-13,15-16,21-34,36-46,48-50,52-56H2,1-2H3,(H,66,69)/b8-6+,19-17-,20-18-,35-14+,51-47+. The zero-order chi connectivity index (χ0) is 55.2. The second-order valence-corrected chi connectivity index (χ2v) is 21.7. The Kier molecular flexibility index (Phi) is 51.0. The summed E-state index contributed by atoms with van der Waals surface area (Å²) in [6.45, 7) is 4.19. The van der Waals surface area contributed by atoms with Crippen LogP contribution in [0.25, 0.3) is 0 Å². The van der Waals surface area contributed by atoms with E-state index >= 15 is 0 Å². The molecule has 1 saturated heterocycles. The van der Waals surface area contributed by atoms with E-state index in [2.05, 4.69) is 67.8 Å². The maximum atomic E-state index is 13.0. The van der Waals surface area contributed by atoms with Crippen LogP contribution in [0, 0.1) is 0 Å². The van der Waals surface area contributed by atoms with Gasteiger partial charge in [-0.05, 0) is 83.5 Å². The highest BCUT2D eigenvalue weighted by atomic mass is 16.7. The predicted octanol–water partition coefficient (Wildman–Crippen LogP) is 15.0.